The normalized spacial score (nSPS) is 30.6. The van der Waals surface area contributed by atoms with Gasteiger partial charge >= 0.3 is 0 Å². The second kappa shape index (κ2) is 6.63. The topological polar surface area (TPSA) is 80.0 Å². The maximum Gasteiger partial charge on any atom is 0.269 e. The maximum absolute atomic E-state index is 10.7. The van der Waals surface area contributed by atoms with Crippen LogP contribution in [0.5, 0.6) is 0 Å². The lowest BCUT2D eigenvalue weighted by molar-refractivity contribution is -0.384. The van der Waals surface area contributed by atoms with E-state index >= 15 is 0 Å². The van der Waals surface area contributed by atoms with Crippen LogP contribution in [0.25, 0.3) is 0 Å². The number of nitrogens with zero attached hydrogens (tertiary/aromatic N) is 3. The van der Waals surface area contributed by atoms with Gasteiger partial charge in [0.05, 0.1) is 17.1 Å². The zero-order chi connectivity index (χ0) is 17.4. The van der Waals surface area contributed by atoms with Gasteiger partial charge < -0.3 is 15.0 Å². The monoisotopic (exact) mass is 344 g/mol. The number of hydrogen-bond donors (Lipinski definition) is 1. The molecule has 0 aliphatic carbocycles. The average molecular weight is 344 g/mol. The molecule has 7 heteroatoms. The molecule has 2 bridgehead atoms. The largest absolute Gasteiger partial charge is 0.374 e. The van der Waals surface area contributed by atoms with Gasteiger partial charge in [-0.3, -0.25) is 15.1 Å². The Morgan fingerprint density at radius 2 is 1.92 bits per heavy atom. The van der Waals surface area contributed by atoms with Gasteiger partial charge in [-0.15, -0.1) is 0 Å². The minimum absolute atomic E-state index is 0.132. The Balaban J connectivity index is 1.29. The smallest absolute Gasteiger partial charge is 0.269 e. The van der Waals surface area contributed by atoms with E-state index in [1.807, 2.05) is 19.2 Å². The van der Waals surface area contributed by atoms with Gasteiger partial charge in [-0.1, -0.05) is 12.1 Å². The van der Waals surface area contributed by atoms with Crippen LogP contribution in [0.4, 0.5) is 5.69 Å². The summed E-state index contributed by atoms with van der Waals surface area (Å²) in [6.45, 7) is 2.83. The van der Waals surface area contributed by atoms with E-state index in [2.05, 4.69) is 15.2 Å². The number of nitro benzene ring substituents is 1. The Kier molecular flexibility index (Phi) is 4.33. The Bertz CT molecular complexity index is 657. The average Bonchev–Trinajstić information content (AvgIpc) is 3.32. The number of nitro groups is 1. The van der Waals surface area contributed by atoms with Crippen LogP contribution in [0, 0.1) is 22.0 Å². The number of hydrogen-bond acceptors (Lipinski definition) is 4. The van der Waals surface area contributed by atoms with E-state index in [0.29, 0.717) is 24.0 Å². The Labute approximate surface area is 147 Å². The van der Waals surface area contributed by atoms with Crippen LogP contribution in [-0.2, 0) is 11.2 Å². The molecule has 0 radical (unpaired) electrons. The van der Waals surface area contributed by atoms with Gasteiger partial charge in [0, 0.05) is 50.7 Å². The molecular weight excluding hydrogens is 320 g/mol. The molecule has 0 saturated carbocycles. The highest BCUT2D eigenvalue weighted by Crippen LogP contribution is 2.47. The number of fused-ring (bicyclic) bond motifs is 5. The molecule has 1 aromatic carbocycles. The van der Waals surface area contributed by atoms with Gasteiger partial charge in [-0.05, 0) is 24.8 Å². The van der Waals surface area contributed by atoms with Crippen LogP contribution in [0.2, 0.25) is 0 Å². The number of benzene rings is 1. The van der Waals surface area contributed by atoms with Crippen LogP contribution in [0.3, 0.4) is 0 Å². The third kappa shape index (κ3) is 3.08. The summed E-state index contributed by atoms with van der Waals surface area (Å²) in [4.78, 5) is 17.1. The van der Waals surface area contributed by atoms with Crippen molar-refractivity contribution in [2.45, 2.75) is 31.5 Å². The van der Waals surface area contributed by atoms with E-state index in [0.717, 1.165) is 37.6 Å². The number of likely N-dealkylation sites (tertiary alicyclic amines) is 1. The van der Waals surface area contributed by atoms with Gasteiger partial charge in [0.2, 0.25) is 0 Å². The molecule has 4 atom stereocenters. The number of aliphatic imine (C=N–C) groups is 1. The lowest BCUT2D eigenvalue weighted by atomic mass is 9.82. The van der Waals surface area contributed by atoms with Crippen molar-refractivity contribution in [3.8, 4) is 0 Å². The predicted octanol–water partition coefficient (Wildman–Crippen LogP) is 1.82. The van der Waals surface area contributed by atoms with Crippen molar-refractivity contribution < 1.29 is 9.66 Å². The van der Waals surface area contributed by atoms with Crippen molar-refractivity contribution in [1.29, 1.82) is 0 Å². The molecule has 3 aliphatic rings. The maximum atomic E-state index is 10.7. The van der Waals surface area contributed by atoms with Crippen molar-refractivity contribution in [3.05, 3.63) is 39.9 Å². The van der Waals surface area contributed by atoms with Gasteiger partial charge in [0.1, 0.15) is 0 Å². The molecule has 1 aromatic rings. The minimum Gasteiger partial charge on any atom is -0.374 e. The predicted molar refractivity (Wildman–Crippen MR) is 94.6 cm³/mol. The number of guanidine groups is 1. The fourth-order valence-corrected chi connectivity index (χ4v) is 4.57. The van der Waals surface area contributed by atoms with Crippen LogP contribution < -0.4 is 5.32 Å². The lowest BCUT2D eigenvalue weighted by Crippen LogP contribution is -2.42. The summed E-state index contributed by atoms with van der Waals surface area (Å²) in [5.74, 6) is 2.27. The molecule has 0 amide bonds. The summed E-state index contributed by atoms with van der Waals surface area (Å²) in [6.07, 6.45) is 4.15. The molecule has 7 nitrogen and oxygen atoms in total. The van der Waals surface area contributed by atoms with Crippen LogP contribution >= 0.6 is 0 Å². The zero-order valence-corrected chi connectivity index (χ0v) is 14.4. The van der Waals surface area contributed by atoms with Crippen molar-refractivity contribution in [1.82, 2.24) is 10.2 Å². The minimum atomic E-state index is -0.370. The first kappa shape index (κ1) is 16.3. The second-order valence-corrected chi connectivity index (χ2v) is 7.17. The molecule has 3 saturated heterocycles. The molecule has 4 rings (SSSR count). The Morgan fingerprint density at radius 3 is 2.48 bits per heavy atom. The number of non-ortho nitro benzene ring substituents is 1. The van der Waals surface area contributed by atoms with Crippen LogP contribution in [0.15, 0.2) is 29.3 Å². The molecule has 25 heavy (non-hydrogen) atoms. The SMILES string of the molecule is CN=C(NCCc1ccc([N+](=O)[O-])cc1)N1CC2C3CCC(O3)C2C1. The summed E-state index contributed by atoms with van der Waals surface area (Å²) in [5.41, 5.74) is 1.21. The lowest BCUT2D eigenvalue weighted by Gasteiger charge is -2.23. The zero-order valence-electron chi connectivity index (χ0n) is 14.4. The van der Waals surface area contributed by atoms with Gasteiger partial charge in [-0.2, -0.15) is 0 Å². The van der Waals surface area contributed by atoms with E-state index in [1.54, 1.807) is 12.1 Å². The molecule has 0 spiro atoms. The number of rotatable bonds is 4. The fraction of sp³-hybridized carbons (Fsp3) is 0.611. The van der Waals surface area contributed by atoms with Crippen LogP contribution in [-0.4, -0.2) is 54.7 Å². The van der Waals surface area contributed by atoms with E-state index in [4.69, 9.17) is 4.74 Å². The number of ether oxygens (including phenoxy) is 1. The molecule has 4 unspecified atom stereocenters. The van der Waals surface area contributed by atoms with Gasteiger partial charge in [0.15, 0.2) is 5.96 Å². The molecule has 1 N–H and O–H groups in total. The molecule has 0 aromatic heterocycles. The third-order valence-electron chi connectivity index (χ3n) is 5.81. The quantitative estimate of drug-likeness (QED) is 0.390. The van der Waals surface area contributed by atoms with Crippen LogP contribution in [0.1, 0.15) is 18.4 Å². The first-order valence-corrected chi connectivity index (χ1v) is 9.00. The third-order valence-corrected chi connectivity index (χ3v) is 5.81. The van der Waals surface area contributed by atoms with E-state index in [1.165, 1.54) is 12.8 Å². The van der Waals surface area contributed by atoms with Crippen molar-refractivity contribution in [2.75, 3.05) is 26.7 Å². The molecular formula is C18H24N4O3. The summed E-state index contributed by atoms with van der Waals surface area (Å²) in [7, 11) is 1.83. The van der Waals surface area contributed by atoms with E-state index < -0.39 is 0 Å². The summed E-state index contributed by atoms with van der Waals surface area (Å²) in [5, 5.41) is 14.1. The van der Waals surface area contributed by atoms with Gasteiger partial charge in [-0.25, -0.2) is 0 Å². The van der Waals surface area contributed by atoms with E-state index in [-0.39, 0.29) is 10.6 Å². The van der Waals surface area contributed by atoms with Crippen molar-refractivity contribution in [2.24, 2.45) is 16.8 Å². The molecule has 3 aliphatic heterocycles. The summed E-state index contributed by atoms with van der Waals surface area (Å²) in [6, 6.07) is 6.75. The standard InChI is InChI=1S/C18H24N4O3/c1-19-18(20-9-8-12-2-4-13(5-3-12)22(23)24)21-10-14-15(11-21)17-7-6-16(14)25-17/h2-5,14-17H,6-11H2,1H3,(H,19,20). The highest BCUT2D eigenvalue weighted by Gasteiger charge is 2.53. The van der Waals surface area contributed by atoms with Crippen molar-refractivity contribution in [3.63, 3.8) is 0 Å². The second-order valence-electron chi connectivity index (χ2n) is 7.17. The highest BCUT2D eigenvalue weighted by molar-refractivity contribution is 5.80. The molecule has 3 fully saturated rings. The Morgan fingerprint density at radius 1 is 1.28 bits per heavy atom. The first-order chi connectivity index (χ1) is 12.2. The molecule has 3 heterocycles. The van der Waals surface area contributed by atoms with E-state index in [9.17, 15) is 10.1 Å². The summed E-state index contributed by atoms with van der Waals surface area (Å²) >= 11 is 0. The van der Waals surface area contributed by atoms with Crippen molar-refractivity contribution >= 4 is 11.6 Å². The highest BCUT2D eigenvalue weighted by atomic mass is 16.6. The summed E-state index contributed by atoms with van der Waals surface area (Å²) < 4.78 is 6.03. The molecule has 134 valence electrons. The fourth-order valence-electron chi connectivity index (χ4n) is 4.57. The first-order valence-electron chi connectivity index (χ1n) is 9.00. The Hall–Kier alpha value is -2.15. The van der Waals surface area contributed by atoms with Gasteiger partial charge in [0.25, 0.3) is 5.69 Å². The number of nitrogens with one attached hydrogen (secondary N) is 1.